The lowest BCUT2D eigenvalue weighted by atomic mass is 10.1. The summed E-state index contributed by atoms with van der Waals surface area (Å²) in [5.74, 6) is -0.354. The van der Waals surface area contributed by atoms with Crippen molar-refractivity contribution in [3.05, 3.63) is 63.5 Å². The first-order valence-electron chi connectivity index (χ1n) is 6.46. The molecule has 2 atom stereocenters. The molecule has 0 radical (unpaired) electrons. The summed E-state index contributed by atoms with van der Waals surface area (Å²) in [6.07, 6.45) is 0.719. The van der Waals surface area contributed by atoms with Gasteiger partial charge in [0.1, 0.15) is 5.82 Å². The van der Waals surface area contributed by atoms with Crippen LogP contribution in [0.4, 0.5) is 10.1 Å². The normalized spacial score (nSPS) is 20.5. The van der Waals surface area contributed by atoms with Crippen LogP contribution < -0.4 is 5.32 Å². The molecule has 20 heavy (non-hydrogen) atoms. The molecule has 3 rings (SSSR count). The van der Waals surface area contributed by atoms with Crippen LogP contribution in [0.25, 0.3) is 0 Å². The second kappa shape index (κ2) is 5.52. The van der Waals surface area contributed by atoms with Crippen molar-refractivity contribution in [3.63, 3.8) is 0 Å². The van der Waals surface area contributed by atoms with Crippen LogP contribution in [-0.2, 0) is 4.79 Å². The molecule has 2 aromatic rings. The minimum Gasteiger partial charge on any atom is -0.326 e. The van der Waals surface area contributed by atoms with Gasteiger partial charge in [-0.3, -0.25) is 4.79 Å². The summed E-state index contributed by atoms with van der Waals surface area (Å²) < 4.78 is 14.8. The summed E-state index contributed by atoms with van der Waals surface area (Å²) in [6, 6.07) is 14.3. The van der Waals surface area contributed by atoms with Gasteiger partial charge in [-0.25, -0.2) is 4.39 Å². The van der Waals surface area contributed by atoms with Gasteiger partial charge < -0.3 is 5.32 Å². The maximum Gasteiger partial charge on any atom is 0.228 e. The minimum absolute atomic E-state index is 0.0139. The van der Waals surface area contributed by atoms with Crippen LogP contribution in [0.1, 0.15) is 17.9 Å². The molecular formula is C16H13FINO. The Morgan fingerprint density at radius 2 is 1.85 bits per heavy atom. The van der Waals surface area contributed by atoms with Gasteiger partial charge in [-0.1, -0.05) is 18.2 Å². The highest BCUT2D eigenvalue weighted by atomic mass is 127. The maximum atomic E-state index is 13.7. The Morgan fingerprint density at radius 3 is 2.55 bits per heavy atom. The topological polar surface area (TPSA) is 29.1 Å². The Hall–Kier alpha value is -1.43. The third kappa shape index (κ3) is 2.85. The van der Waals surface area contributed by atoms with Crippen molar-refractivity contribution in [2.45, 2.75) is 12.3 Å². The van der Waals surface area contributed by atoms with Crippen LogP contribution in [-0.4, -0.2) is 5.91 Å². The molecule has 1 aliphatic carbocycles. The van der Waals surface area contributed by atoms with E-state index < -0.39 is 0 Å². The molecule has 1 amide bonds. The molecular weight excluding hydrogens is 368 g/mol. The van der Waals surface area contributed by atoms with Crippen molar-refractivity contribution in [2.24, 2.45) is 5.92 Å². The van der Waals surface area contributed by atoms with Crippen LogP contribution in [0.5, 0.6) is 0 Å². The molecule has 0 saturated heterocycles. The minimum atomic E-state index is -0.220. The molecule has 1 aliphatic rings. The molecule has 2 aromatic carbocycles. The Morgan fingerprint density at radius 1 is 1.15 bits per heavy atom. The van der Waals surface area contributed by atoms with Crippen LogP contribution in [0, 0.1) is 15.3 Å². The van der Waals surface area contributed by atoms with Gasteiger partial charge in [0, 0.05) is 15.2 Å². The Labute approximate surface area is 130 Å². The van der Waals surface area contributed by atoms with Gasteiger partial charge in [-0.2, -0.15) is 0 Å². The molecule has 0 aliphatic heterocycles. The molecule has 0 heterocycles. The van der Waals surface area contributed by atoms with Crippen molar-refractivity contribution < 1.29 is 9.18 Å². The zero-order valence-corrected chi connectivity index (χ0v) is 12.8. The maximum absolute atomic E-state index is 13.7. The second-order valence-electron chi connectivity index (χ2n) is 4.97. The molecule has 0 spiro atoms. The van der Waals surface area contributed by atoms with Crippen molar-refractivity contribution in [2.75, 3.05) is 5.32 Å². The predicted molar refractivity (Wildman–Crippen MR) is 85.0 cm³/mol. The lowest BCUT2D eigenvalue weighted by Crippen LogP contribution is -2.14. The molecule has 2 unspecified atom stereocenters. The number of halogens is 2. The van der Waals surface area contributed by atoms with Crippen molar-refractivity contribution in [3.8, 4) is 0 Å². The average molecular weight is 381 g/mol. The molecule has 1 fully saturated rings. The largest absolute Gasteiger partial charge is 0.326 e. The third-order valence-electron chi connectivity index (χ3n) is 3.54. The number of hydrogen-bond donors (Lipinski definition) is 1. The number of carbonyl (C=O) groups is 1. The van der Waals surface area contributed by atoms with E-state index in [2.05, 4.69) is 27.9 Å². The van der Waals surface area contributed by atoms with Crippen molar-refractivity contribution in [1.29, 1.82) is 0 Å². The number of benzene rings is 2. The Kier molecular flexibility index (Phi) is 3.74. The van der Waals surface area contributed by atoms with Crippen molar-refractivity contribution in [1.82, 2.24) is 0 Å². The van der Waals surface area contributed by atoms with Gasteiger partial charge in [-0.15, -0.1) is 0 Å². The van der Waals surface area contributed by atoms with Gasteiger partial charge in [0.2, 0.25) is 5.91 Å². The summed E-state index contributed by atoms with van der Waals surface area (Å²) in [5, 5.41) is 2.89. The van der Waals surface area contributed by atoms with E-state index in [1.165, 1.54) is 6.07 Å². The third-order valence-corrected chi connectivity index (χ3v) is 4.26. The quantitative estimate of drug-likeness (QED) is 0.795. The van der Waals surface area contributed by atoms with E-state index >= 15 is 0 Å². The summed E-state index contributed by atoms with van der Waals surface area (Å²) >= 11 is 2.22. The number of rotatable bonds is 3. The van der Waals surface area contributed by atoms with Crippen LogP contribution >= 0.6 is 22.6 Å². The Bertz CT molecular complexity index is 641. The standard InChI is InChI=1S/C16H13FINO/c17-15-4-2-1-3-12(15)13-9-14(13)16(20)19-11-7-5-10(18)6-8-11/h1-8,13-14H,9H2,(H,19,20). The fraction of sp³-hybridized carbons (Fsp3) is 0.188. The second-order valence-corrected chi connectivity index (χ2v) is 6.21. The lowest BCUT2D eigenvalue weighted by Gasteiger charge is -2.05. The zero-order valence-electron chi connectivity index (χ0n) is 10.6. The first kappa shape index (κ1) is 13.5. The van der Waals surface area contributed by atoms with Crippen LogP contribution in [0.3, 0.4) is 0 Å². The monoisotopic (exact) mass is 381 g/mol. The first-order chi connectivity index (χ1) is 9.65. The van der Waals surface area contributed by atoms with E-state index in [4.69, 9.17) is 0 Å². The van der Waals surface area contributed by atoms with Crippen molar-refractivity contribution >= 4 is 34.2 Å². The summed E-state index contributed by atoms with van der Waals surface area (Å²) in [4.78, 5) is 12.1. The van der Waals surface area contributed by atoms with E-state index in [9.17, 15) is 9.18 Å². The lowest BCUT2D eigenvalue weighted by molar-refractivity contribution is -0.117. The SMILES string of the molecule is O=C(Nc1ccc(I)cc1)C1CC1c1ccccc1F. The number of hydrogen-bond acceptors (Lipinski definition) is 1. The highest BCUT2D eigenvalue weighted by molar-refractivity contribution is 14.1. The first-order valence-corrected chi connectivity index (χ1v) is 7.54. The molecule has 0 aromatic heterocycles. The highest BCUT2D eigenvalue weighted by Gasteiger charge is 2.45. The number of anilines is 1. The predicted octanol–water partition coefficient (Wildman–Crippen LogP) is 4.17. The van der Waals surface area contributed by atoms with E-state index in [0.717, 1.165) is 15.7 Å². The highest BCUT2D eigenvalue weighted by Crippen LogP contribution is 2.48. The van der Waals surface area contributed by atoms with Gasteiger partial charge in [0.15, 0.2) is 0 Å². The summed E-state index contributed by atoms with van der Waals surface area (Å²) in [6.45, 7) is 0. The van der Waals surface area contributed by atoms with Gasteiger partial charge in [0.25, 0.3) is 0 Å². The Balaban J connectivity index is 1.66. The van der Waals surface area contributed by atoms with E-state index in [1.54, 1.807) is 12.1 Å². The van der Waals surface area contributed by atoms with E-state index in [1.807, 2.05) is 30.3 Å². The van der Waals surface area contributed by atoms with Crippen LogP contribution in [0.15, 0.2) is 48.5 Å². The summed E-state index contributed by atoms with van der Waals surface area (Å²) in [5.41, 5.74) is 1.44. The van der Waals surface area contributed by atoms with Gasteiger partial charge in [-0.05, 0) is 70.8 Å². The zero-order chi connectivity index (χ0) is 14.1. The number of nitrogens with one attached hydrogen (secondary N) is 1. The van der Waals surface area contributed by atoms with E-state index in [0.29, 0.717) is 5.56 Å². The molecule has 2 nitrogen and oxygen atoms in total. The van der Waals surface area contributed by atoms with Crippen LogP contribution in [0.2, 0.25) is 0 Å². The van der Waals surface area contributed by atoms with E-state index in [-0.39, 0.29) is 23.6 Å². The molecule has 0 bridgehead atoms. The fourth-order valence-electron chi connectivity index (χ4n) is 2.37. The number of carbonyl (C=O) groups excluding carboxylic acids is 1. The van der Waals surface area contributed by atoms with Gasteiger partial charge in [0.05, 0.1) is 0 Å². The average Bonchev–Trinajstić information content (AvgIpc) is 3.22. The fourth-order valence-corrected chi connectivity index (χ4v) is 2.73. The molecule has 102 valence electrons. The molecule has 4 heteroatoms. The smallest absolute Gasteiger partial charge is 0.228 e. The number of amides is 1. The van der Waals surface area contributed by atoms with Gasteiger partial charge >= 0.3 is 0 Å². The molecule has 1 N–H and O–H groups in total. The summed E-state index contributed by atoms with van der Waals surface area (Å²) in [7, 11) is 0. The molecule has 1 saturated carbocycles.